The summed E-state index contributed by atoms with van der Waals surface area (Å²) in [5.74, 6) is 3.00. The molecule has 0 spiro atoms. The van der Waals surface area contributed by atoms with Gasteiger partial charge in [-0.3, -0.25) is 0 Å². The lowest BCUT2D eigenvalue weighted by Gasteiger charge is -2.18. The maximum atomic E-state index is 6.28. The minimum atomic E-state index is 0.406. The Labute approximate surface area is 116 Å². The van der Waals surface area contributed by atoms with Gasteiger partial charge >= 0.3 is 0 Å². The van der Waals surface area contributed by atoms with E-state index in [9.17, 15) is 0 Å². The van der Waals surface area contributed by atoms with Crippen molar-refractivity contribution >= 4 is 11.8 Å². The second kappa shape index (κ2) is 6.63. The van der Waals surface area contributed by atoms with Crippen LogP contribution < -0.4 is 5.73 Å². The number of thioether (sulfide) groups is 1. The largest absolute Gasteiger partial charge is 0.327 e. The van der Waals surface area contributed by atoms with Gasteiger partial charge in [0.15, 0.2) is 0 Å². The van der Waals surface area contributed by atoms with Gasteiger partial charge in [-0.2, -0.15) is 11.8 Å². The molecule has 1 atom stereocenters. The molecule has 1 aliphatic rings. The van der Waals surface area contributed by atoms with E-state index in [0.717, 1.165) is 17.4 Å². The first-order chi connectivity index (χ1) is 8.65. The number of rotatable bonds is 5. The fraction of sp³-hybridized carbons (Fsp3) is 0.625. The molecule has 1 fully saturated rings. The molecule has 1 nitrogen and oxygen atoms in total. The van der Waals surface area contributed by atoms with Crippen LogP contribution in [0.5, 0.6) is 0 Å². The first-order valence-corrected chi connectivity index (χ1v) is 8.21. The first-order valence-electron chi connectivity index (χ1n) is 7.05. The highest BCUT2D eigenvalue weighted by atomic mass is 32.2. The third kappa shape index (κ3) is 4.03. The maximum absolute atomic E-state index is 6.28. The van der Waals surface area contributed by atoms with Crippen molar-refractivity contribution in [1.29, 1.82) is 0 Å². The van der Waals surface area contributed by atoms with Gasteiger partial charge in [-0.1, -0.05) is 42.2 Å². The third-order valence-electron chi connectivity index (χ3n) is 3.87. The fourth-order valence-corrected chi connectivity index (χ4v) is 4.05. The molecule has 0 amide bonds. The van der Waals surface area contributed by atoms with E-state index < -0.39 is 0 Å². The van der Waals surface area contributed by atoms with Gasteiger partial charge in [0, 0.05) is 17.5 Å². The molecule has 0 heterocycles. The molecule has 0 aromatic heterocycles. The summed E-state index contributed by atoms with van der Waals surface area (Å²) in [7, 11) is 0. The highest BCUT2D eigenvalue weighted by molar-refractivity contribution is 7.98. The minimum Gasteiger partial charge on any atom is -0.327 e. The number of hydrogen-bond acceptors (Lipinski definition) is 2. The van der Waals surface area contributed by atoms with Crippen molar-refractivity contribution in [3.05, 3.63) is 34.9 Å². The molecule has 1 saturated carbocycles. The second-order valence-corrected chi connectivity index (χ2v) is 6.75. The normalized spacial score (nSPS) is 18.2. The van der Waals surface area contributed by atoms with E-state index in [-0.39, 0.29) is 0 Å². The molecule has 2 heteroatoms. The van der Waals surface area contributed by atoms with Crippen LogP contribution in [0.15, 0.2) is 18.2 Å². The summed E-state index contributed by atoms with van der Waals surface area (Å²) in [5, 5.41) is 0. The van der Waals surface area contributed by atoms with Crippen LogP contribution in [-0.2, 0) is 5.75 Å². The Hall–Kier alpha value is -0.470. The molecule has 0 radical (unpaired) electrons. The monoisotopic (exact) mass is 263 g/mol. The zero-order chi connectivity index (χ0) is 13.0. The van der Waals surface area contributed by atoms with E-state index in [2.05, 4.69) is 32.0 Å². The van der Waals surface area contributed by atoms with Crippen LogP contribution in [0.3, 0.4) is 0 Å². The van der Waals surface area contributed by atoms with Crippen LogP contribution in [0.1, 0.15) is 42.4 Å². The molecule has 18 heavy (non-hydrogen) atoms. The summed E-state index contributed by atoms with van der Waals surface area (Å²) in [5.41, 5.74) is 10.5. The first kappa shape index (κ1) is 14.0. The summed E-state index contributed by atoms with van der Waals surface area (Å²) in [6.45, 7) is 4.34. The molecule has 1 unspecified atom stereocenters. The van der Waals surface area contributed by atoms with Crippen LogP contribution in [0.4, 0.5) is 0 Å². The molecule has 1 aromatic carbocycles. The van der Waals surface area contributed by atoms with Crippen LogP contribution >= 0.6 is 11.8 Å². The molecule has 1 aliphatic carbocycles. The third-order valence-corrected chi connectivity index (χ3v) is 5.02. The summed E-state index contributed by atoms with van der Waals surface area (Å²) in [6, 6.07) is 7.23. The topological polar surface area (TPSA) is 26.0 Å². The summed E-state index contributed by atoms with van der Waals surface area (Å²) in [4.78, 5) is 0. The molecule has 0 bridgehead atoms. The Morgan fingerprint density at radius 2 is 1.78 bits per heavy atom. The van der Waals surface area contributed by atoms with Crippen molar-refractivity contribution in [2.75, 3.05) is 5.75 Å². The Balaban J connectivity index is 1.77. The Bertz CT molecular complexity index is 362. The van der Waals surface area contributed by atoms with Crippen molar-refractivity contribution in [3.63, 3.8) is 0 Å². The minimum absolute atomic E-state index is 0.406. The second-order valence-electron chi connectivity index (χ2n) is 5.72. The van der Waals surface area contributed by atoms with Crippen molar-refractivity contribution in [3.8, 4) is 0 Å². The molecule has 0 saturated heterocycles. The summed E-state index contributed by atoms with van der Waals surface area (Å²) >= 11 is 1.99. The summed E-state index contributed by atoms with van der Waals surface area (Å²) in [6.07, 6.45) is 5.48. The van der Waals surface area contributed by atoms with Gasteiger partial charge in [0.1, 0.15) is 0 Å². The van der Waals surface area contributed by atoms with Crippen molar-refractivity contribution in [1.82, 2.24) is 0 Å². The molecular formula is C16H25NS. The zero-order valence-electron chi connectivity index (χ0n) is 11.6. The predicted molar refractivity (Wildman–Crippen MR) is 82.0 cm³/mol. The SMILES string of the molecule is Cc1cc(C)cc(CSCC(N)C2CCCC2)c1. The van der Waals surface area contributed by atoms with Crippen LogP contribution in [0.25, 0.3) is 0 Å². The van der Waals surface area contributed by atoms with Crippen LogP contribution in [0.2, 0.25) is 0 Å². The number of nitrogens with two attached hydrogens (primary N) is 1. The van der Waals surface area contributed by atoms with Gasteiger partial charge in [0.05, 0.1) is 0 Å². The Morgan fingerprint density at radius 1 is 1.17 bits per heavy atom. The average molecular weight is 263 g/mol. The van der Waals surface area contributed by atoms with Gasteiger partial charge in [0.25, 0.3) is 0 Å². The van der Waals surface area contributed by atoms with Crippen molar-refractivity contribution in [2.24, 2.45) is 11.7 Å². The van der Waals surface area contributed by atoms with E-state index in [1.807, 2.05) is 11.8 Å². The smallest absolute Gasteiger partial charge is 0.0185 e. The molecule has 2 rings (SSSR count). The highest BCUT2D eigenvalue weighted by Gasteiger charge is 2.21. The Kier molecular flexibility index (Phi) is 5.13. The quantitative estimate of drug-likeness (QED) is 0.867. The number of aryl methyl sites for hydroxylation is 2. The van der Waals surface area contributed by atoms with E-state index in [1.54, 1.807) is 0 Å². The molecule has 100 valence electrons. The Morgan fingerprint density at radius 3 is 2.39 bits per heavy atom. The summed E-state index contributed by atoms with van der Waals surface area (Å²) < 4.78 is 0. The van der Waals surface area contributed by atoms with Gasteiger partial charge in [-0.15, -0.1) is 0 Å². The van der Waals surface area contributed by atoms with Crippen molar-refractivity contribution in [2.45, 2.75) is 51.3 Å². The van der Waals surface area contributed by atoms with Gasteiger partial charge < -0.3 is 5.73 Å². The van der Waals surface area contributed by atoms with E-state index >= 15 is 0 Å². The lowest BCUT2D eigenvalue weighted by Crippen LogP contribution is -2.30. The maximum Gasteiger partial charge on any atom is 0.0185 e. The lowest BCUT2D eigenvalue weighted by molar-refractivity contribution is 0.463. The average Bonchev–Trinajstić information content (AvgIpc) is 2.80. The zero-order valence-corrected chi connectivity index (χ0v) is 12.4. The van der Waals surface area contributed by atoms with Crippen LogP contribution in [0, 0.1) is 19.8 Å². The van der Waals surface area contributed by atoms with E-state index in [0.29, 0.717) is 6.04 Å². The number of benzene rings is 1. The van der Waals surface area contributed by atoms with Gasteiger partial charge in [0.2, 0.25) is 0 Å². The molecule has 0 aliphatic heterocycles. The molecular weight excluding hydrogens is 238 g/mol. The van der Waals surface area contributed by atoms with Crippen LogP contribution in [-0.4, -0.2) is 11.8 Å². The van der Waals surface area contributed by atoms with Gasteiger partial charge in [-0.05, 0) is 38.2 Å². The van der Waals surface area contributed by atoms with E-state index in [1.165, 1.54) is 42.4 Å². The van der Waals surface area contributed by atoms with E-state index in [4.69, 9.17) is 5.73 Å². The van der Waals surface area contributed by atoms with Crippen molar-refractivity contribution < 1.29 is 0 Å². The standard InChI is InChI=1S/C16H25NS/c1-12-7-13(2)9-14(8-12)10-18-11-16(17)15-5-3-4-6-15/h7-9,15-16H,3-6,10-11,17H2,1-2H3. The predicted octanol–water partition coefficient (Wildman–Crippen LogP) is 4.05. The lowest BCUT2D eigenvalue weighted by atomic mass is 10.0. The molecule has 2 N–H and O–H groups in total. The van der Waals surface area contributed by atoms with Gasteiger partial charge in [-0.25, -0.2) is 0 Å². The number of hydrogen-bond donors (Lipinski definition) is 1. The molecule has 1 aromatic rings. The highest BCUT2D eigenvalue weighted by Crippen LogP contribution is 2.28. The fourth-order valence-electron chi connectivity index (χ4n) is 2.99.